The average Bonchev–Trinajstić information content (AvgIpc) is 2.37. The second-order valence-corrected chi connectivity index (χ2v) is 4.94. The van der Waals surface area contributed by atoms with E-state index in [4.69, 9.17) is 27.9 Å². The van der Waals surface area contributed by atoms with E-state index in [2.05, 4.69) is 10.3 Å². The number of ether oxygens (including phenoxy) is 1. The van der Waals surface area contributed by atoms with Crippen LogP contribution in [0.15, 0.2) is 30.3 Å². The maximum Gasteiger partial charge on any atom is 0.219 e. The number of benzene rings is 1. The first-order chi connectivity index (χ1) is 9.10. The summed E-state index contributed by atoms with van der Waals surface area (Å²) < 4.78 is 5.66. The van der Waals surface area contributed by atoms with Crippen LogP contribution in [0.2, 0.25) is 10.0 Å². The molecule has 0 aliphatic heterocycles. The number of halogens is 2. The molecule has 19 heavy (non-hydrogen) atoms. The van der Waals surface area contributed by atoms with Crippen molar-refractivity contribution in [2.75, 3.05) is 7.05 Å². The van der Waals surface area contributed by atoms with Crippen LogP contribution in [0.25, 0.3) is 0 Å². The Morgan fingerprint density at radius 3 is 2.68 bits per heavy atom. The lowest BCUT2D eigenvalue weighted by Gasteiger charge is -2.10. The molecule has 1 aromatic carbocycles. The molecule has 1 aromatic heterocycles. The number of aryl methyl sites for hydroxylation is 1. The largest absolute Gasteiger partial charge is 0.437 e. The van der Waals surface area contributed by atoms with Gasteiger partial charge in [-0.1, -0.05) is 29.3 Å². The van der Waals surface area contributed by atoms with Crippen molar-refractivity contribution in [1.29, 1.82) is 0 Å². The number of hydrogen-bond donors (Lipinski definition) is 1. The Bertz CT molecular complexity index is 588. The first-order valence-electron chi connectivity index (χ1n) is 5.84. The topological polar surface area (TPSA) is 34.1 Å². The minimum atomic E-state index is 0.501. The monoisotopic (exact) mass is 296 g/mol. The summed E-state index contributed by atoms with van der Waals surface area (Å²) in [5.74, 6) is 1.00. The van der Waals surface area contributed by atoms with Crippen molar-refractivity contribution in [3.05, 3.63) is 51.6 Å². The highest BCUT2D eigenvalue weighted by Gasteiger charge is 2.07. The fourth-order valence-electron chi connectivity index (χ4n) is 1.67. The van der Waals surface area contributed by atoms with E-state index < -0.39 is 0 Å². The Balaban J connectivity index is 2.24. The van der Waals surface area contributed by atoms with Gasteiger partial charge in [0.15, 0.2) is 0 Å². The van der Waals surface area contributed by atoms with Crippen LogP contribution in [-0.4, -0.2) is 12.0 Å². The molecule has 0 amide bonds. The van der Waals surface area contributed by atoms with E-state index in [1.54, 1.807) is 18.2 Å². The maximum atomic E-state index is 6.05. The highest BCUT2D eigenvalue weighted by molar-refractivity contribution is 6.34. The third-order valence-corrected chi connectivity index (χ3v) is 3.19. The van der Waals surface area contributed by atoms with E-state index in [0.717, 1.165) is 17.8 Å². The van der Waals surface area contributed by atoms with Crippen LogP contribution in [0.1, 0.15) is 11.3 Å². The Labute approximate surface area is 122 Å². The quantitative estimate of drug-likeness (QED) is 0.918. The van der Waals surface area contributed by atoms with Gasteiger partial charge in [-0.15, -0.1) is 0 Å². The first kappa shape index (κ1) is 14.1. The molecular formula is C14H14Cl2N2O. The van der Waals surface area contributed by atoms with Crippen molar-refractivity contribution in [2.24, 2.45) is 0 Å². The zero-order valence-corrected chi connectivity index (χ0v) is 12.2. The van der Waals surface area contributed by atoms with Gasteiger partial charge < -0.3 is 10.1 Å². The van der Waals surface area contributed by atoms with Crippen molar-refractivity contribution in [2.45, 2.75) is 13.5 Å². The summed E-state index contributed by atoms with van der Waals surface area (Å²) in [6, 6.07) is 8.87. The molecule has 0 fully saturated rings. The van der Waals surface area contributed by atoms with Gasteiger partial charge in [0.05, 0.1) is 5.02 Å². The highest BCUT2D eigenvalue weighted by Crippen LogP contribution is 2.31. The summed E-state index contributed by atoms with van der Waals surface area (Å²) in [4.78, 5) is 4.39. The number of pyridine rings is 1. The summed E-state index contributed by atoms with van der Waals surface area (Å²) in [7, 11) is 1.90. The van der Waals surface area contributed by atoms with Crippen LogP contribution in [0, 0.1) is 6.92 Å². The van der Waals surface area contributed by atoms with E-state index in [1.807, 2.05) is 26.1 Å². The third-order valence-electron chi connectivity index (χ3n) is 2.64. The van der Waals surface area contributed by atoms with Gasteiger partial charge in [-0.05, 0) is 31.7 Å². The standard InChI is InChI=1S/C14H14Cl2N2O/c1-9-10(8-17-2)3-6-14(18-9)19-13-7-11(15)4-5-12(13)16/h3-7,17H,8H2,1-2H3. The third kappa shape index (κ3) is 3.60. The summed E-state index contributed by atoms with van der Waals surface area (Å²) in [6.07, 6.45) is 0. The van der Waals surface area contributed by atoms with Crippen LogP contribution in [0.4, 0.5) is 0 Å². The molecule has 1 heterocycles. The van der Waals surface area contributed by atoms with Gasteiger partial charge in [0.1, 0.15) is 5.75 Å². The van der Waals surface area contributed by atoms with Gasteiger partial charge in [-0.3, -0.25) is 0 Å². The van der Waals surface area contributed by atoms with Crippen LogP contribution in [0.3, 0.4) is 0 Å². The molecule has 0 aliphatic rings. The van der Waals surface area contributed by atoms with Gasteiger partial charge in [-0.25, -0.2) is 4.98 Å². The lowest BCUT2D eigenvalue weighted by molar-refractivity contribution is 0.461. The fourth-order valence-corrected chi connectivity index (χ4v) is 1.99. The molecule has 0 saturated carbocycles. The molecule has 0 atom stereocenters. The van der Waals surface area contributed by atoms with Gasteiger partial charge in [0.2, 0.25) is 5.88 Å². The normalized spacial score (nSPS) is 10.5. The minimum Gasteiger partial charge on any atom is -0.437 e. The number of nitrogens with zero attached hydrogens (tertiary/aromatic N) is 1. The lowest BCUT2D eigenvalue weighted by Crippen LogP contribution is -2.07. The van der Waals surface area contributed by atoms with Gasteiger partial charge in [-0.2, -0.15) is 0 Å². The van der Waals surface area contributed by atoms with Crippen LogP contribution < -0.4 is 10.1 Å². The van der Waals surface area contributed by atoms with Crippen molar-refractivity contribution in [3.63, 3.8) is 0 Å². The summed E-state index contributed by atoms with van der Waals surface area (Å²) in [5.41, 5.74) is 2.05. The summed E-state index contributed by atoms with van der Waals surface area (Å²) >= 11 is 12.0. The molecule has 2 aromatic rings. The smallest absolute Gasteiger partial charge is 0.219 e. The minimum absolute atomic E-state index is 0.501. The molecular weight excluding hydrogens is 283 g/mol. The van der Waals surface area contributed by atoms with Gasteiger partial charge >= 0.3 is 0 Å². The SMILES string of the molecule is CNCc1ccc(Oc2cc(Cl)ccc2Cl)nc1C. The first-order valence-corrected chi connectivity index (χ1v) is 6.60. The summed E-state index contributed by atoms with van der Waals surface area (Å²) in [6.45, 7) is 2.72. The van der Waals surface area contributed by atoms with E-state index >= 15 is 0 Å². The number of rotatable bonds is 4. The predicted molar refractivity (Wildman–Crippen MR) is 78.3 cm³/mol. The Kier molecular flexibility index (Phi) is 4.64. The van der Waals surface area contributed by atoms with Crippen LogP contribution >= 0.6 is 23.2 Å². The molecule has 0 saturated heterocycles. The maximum absolute atomic E-state index is 6.05. The molecule has 5 heteroatoms. The number of nitrogens with one attached hydrogen (secondary N) is 1. The van der Waals surface area contributed by atoms with Crippen molar-refractivity contribution in [3.8, 4) is 11.6 Å². The summed E-state index contributed by atoms with van der Waals surface area (Å²) in [5, 5.41) is 4.17. The van der Waals surface area contributed by atoms with E-state index in [9.17, 15) is 0 Å². The van der Waals surface area contributed by atoms with Crippen molar-refractivity contribution < 1.29 is 4.74 Å². The molecule has 0 spiro atoms. The molecule has 3 nitrogen and oxygen atoms in total. The van der Waals surface area contributed by atoms with Crippen LogP contribution in [-0.2, 0) is 6.54 Å². The molecule has 1 N–H and O–H groups in total. The molecule has 0 bridgehead atoms. The average molecular weight is 297 g/mol. The Morgan fingerprint density at radius 1 is 1.21 bits per heavy atom. The predicted octanol–water partition coefficient (Wildman–Crippen LogP) is 4.21. The van der Waals surface area contributed by atoms with E-state index in [0.29, 0.717) is 21.7 Å². The highest BCUT2D eigenvalue weighted by atomic mass is 35.5. The Hall–Kier alpha value is -1.29. The molecule has 2 rings (SSSR count). The zero-order chi connectivity index (χ0) is 13.8. The fraction of sp³-hybridized carbons (Fsp3) is 0.214. The second-order valence-electron chi connectivity index (χ2n) is 4.10. The van der Waals surface area contributed by atoms with Crippen LogP contribution in [0.5, 0.6) is 11.6 Å². The molecule has 0 aliphatic carbocycles. The molecule has 0 unspecified atom stereocenters. The zero-order valence-electron chi connectivity index (χ0n) is 10.7. The van der Waals surface area contributed by atoms with Gasteiger partial charge in [0.25, 0.3) is 0 Å². The van der Waals surface area contributed by atoms with Gasteiger partial charge in [0, 0.05) is 29.4 Å². The molecule has 100 valence electrons. The second kappa shape index (κ2) is 6.24. The van der Waals surface area contributed by atoms with E-state index in [1.165, 1.54) is 0 Å². The number of hydrogen-bond acceptors (Lipinski definition) is 3. The lowest BCUT2D eigenvalue weighted by atomic mass is 10.2. The molecule has 0 radical (unpaired) electrons. The van der Waals surface area contributed by atoms with E-state index in [-0.39, 0.29) is 0 Å². The Morgan fingerprint density at radius 2 is 2.00 bits per heavy atom. The van der Waals surface area contributed by atoms with Crippen molar-refractivity contribution >= 4 is 23.2 Å². The van der Waals surface area contributed by atoms with Crippen molar-refractivity contribution in [1.82, 2.24) is 10.3 Å². The number of aromatic nitrogens is 1.